The standard InChI is InChI=1S/C15H22ClN/c1-11-7-8-13(14(16)9-11)10-15(17)12-5-3-2-4-6-12/h7-9,12,15H,2-6,10,17H2,1H3. The van der Waals surface area contributed by atoms with Crippen molar-refractivity contribution < 1.29 is 0 Å². The van der Waals surface area contributed by atoms with Crippen LogP contribution in [-0.2, 0) is 6.42 Å². The molecule has 1 aliphatic rings. The molecule has 1 saturated carbocycles. The first-order valence-electron chi connectivity index (χ1n) is 6.67. The molecule has 94 valence electrons. The van der Waals surface area contributed by atoms with Crippen molar-refractivity contribution in [3.8, 4) is 0 Å². The van der Waals surface area contributed by atoms with Crippen molar-refractivity contribution >= 4 is 11.6 Å². The lowest BCUT2D eigenvalue weighted by atomic mass is 9.82. The Morgan fingerprint density at radius 3 is 2.65 bits per heavy atom. The van der Waals surface area contributed by atoms with Crippen molar-refractivity contribution in [1.29, 1.82) is 0 Å². The fraction of sp³-hybridized carbons (Fsp3) is 0.600. The molecule has 0 radical (unpaired) electrons. The summed E-state index contributed by atoms with van der Waals surface area (Å²) in [6.07, 6.45) is 7.59. The van der Waals surface area contributed by atoms with Gasteiger partial charge in [-0.2, -0.15) is 0 Å². The minimum atomic E-state index is 0.274. The third-order valence-corrected chi connectivity index (χ3v) is 4.27. The third-order valence-electron chi connectivity index (χ3n) is 3.92. The second-order valence-electron chi connectivity index (χ2n) is 5.36. The van der Waals surface area contributed by atoms with Gasteiger partial charge in [0.05, 0.1) is 0 Å². The Morgan fingerprint density at radius 1 is 1.29 bits per heavy atom. The summed E-state index contributed by atoms with van der Waals surface area (Å²) in [6, 6.07) is 6.55. The average Bonchev–Trinajstić information content (AvgIpc) is 2.34. The number of benzene rings is 1. The van der Waals surface area contributed by atoms with Gasteiger partial charge in [0.1, 0.15) is 0 Å². The monoisotopic (exact) mass is 251 g/mol. The summed E-state index contributed by atoms with van der Waals surface area (Å²) in [6.45, 7) is 2.07. The number of aryl methyl sites for hydroxylation is 1. The lowest BCUT2D eigenvalue weighted by Crippen LogP contribution is -2.33. The smallest absolute Gasteiger partial charge is 0.0441 e. The van der Waals surface area contributed by atoms with Gasteiger partial charge in [-0.3, -0.25) is 0 Å². The molecule has 1 nitrogen and oxygen atoms in total. The number of hydrogen-bond donors (Lipinski definition) is 1. The van der Waals surface area contributed by atoms with Crippen LogP contribution in [0.3, 0.4) is 0 Å². The second-order valence-corrected chi connectivity index (χ2v) is 5.77. The quantitative estimate of drug-likeness (QED) is 0.860. The molecule has 1 unspecified atom stereocenters. The maximum absolute atomic E-state index is 6.33. The van der Waals surface area contributed by atoms with Crippen LogP contribution in [0.15, 0.2) is 18.2 Å². The topological polar surface area (TPSA) is 26.0 Å². The molecule has 2 N–H and O–H groups in total. The molecule has 0 aromatic heterocycles. The lowest BCUT2D eigenvalue weighted by Gasteiger charge is -2.27. The SMILES string of the molecule is Cc1ccc(CC(N)C2CCCCC2)c(Cl)c1. The Balaban J connectivity index is 1.99. The van der Waals surface area contributed by atoms with Gasteiger partial charge in [-0.05, 0) is 49.3 Å². The highest BCUT2D eigenvalue weighted by Crippen LogP contribution is 2.28. The van der Waals surface area contributed by atoms with E-state index in [2.05, 4.69) is 19.1 Å². The van der Waals surface area contributed by atoms with E-state index in [0.29, 0.717) is 5.92 Å². The third kappa shape index (κ3) is 3.46. The molecular formula is C15H22ClN. The van der Waals surface area contributed by atoms with Crippen molar-refractivity contribution in [2.75, 3.05) is 0 Å². The molecular weight excluding hydrogens is 230 g/mol. The van der Waals surface area contributed by atoms with Gasteiger partial charge in [0.2, 0.25) is 0 Å². The number of halogens is 1. The number of rotatable bonds is 3. The Bertz CT molecular complexity index is 369. The van der Waals surface area contributed by atoms with Crippen molar-refractivity contribution in [3.05, 3.63) is 34.3 Å². The van der Waals surface area contributed by atoms with Crippen LogP contribution in [0.4, 0.5) is 0 Å². The van der Waals surface area contributed by atoms with E-state index in [0.717, 1.165) is 11.4 Å². The van der Waals surface area contributed by atoms with Crippen molar-refractivity contribution in [2.45, 2.75) is 51.5 Å². The van der Waals surface area contributed by atoms with Crippen LogP contribution >= 0.6 is 11.6 Å². The van der Waals surface area contributed by atoms with Gasteiger partial charge in [-0.15, -0.1) is 0 Å². The van der Waals surface area contributed by atoms with E-state index in [9.17, 15) is 0 Å². The highest BCUT2D eigenvalue weighted by molar-refractivity contribution is 6.31. The second kappa shape index (κ2) is 5.88. The van der Waals surface area contributed by atoms with E-state index in [1.165, 1.54) is 43.2 Å². The van der Waals surface area contributed by atoms with E-state index in [4.69, 9.17) is 17.3 Å². The van der Waals surface area contributed by atoms with Crippen LogP contribution < -0.4 is 5.73 Å². The summed E-state index contributed by atoms with van der Waals surface area (Å²) in [7, 11) is 0. The molecule has 1 fully saturated rings. The van der Waals surface area contributed by atoms with Crippen LogP contribution in [0.5, 0.6) is 0 Å². The van der Waals surface area contributed by atoms with Gasteiger partial charge in [-0.25, -0.2) is 0 Å². The van der Waals surface area contributed by atoms with Gasteiger partial charge in [0.25, 0.3) is 0 Å². The van der Waals surface area contributed by atoms with E-state index >= 15 is 0 Å². The van der Waals surface area contributed by atoms with Gasteiger partial charge < -0.3 is 5.73 Å². The van der Waals surface area contributed by atoms with Crippen molar-refractivity contribution in [2.24, 2.45) is 11.7 Å². The zero-order valence-corrected chi connectivity index (χ0v) is 11.3. The van der Waals surface area contributed by atoms with Gasteiger partial charge >= 0.3 is 0 Å². The molecule has 1 aromatic rings. The Hall–Kier alpha value is -0.530. The molecule has 0 heterocycles. The Kier molecular flexibility index (Phi) is 4.47. The minimum Gasteiger partial charge on any atom is -0.327 e. The molecule has 0 bridgehead atoms. The molecule has 0 spiro atoms. The van der Waals surface area contributed by atoms with Crippen molar-refractivity contribution in [1.82, 2.24) is 0 Å². The maximum Gasteiger partial charge on any atom is 0.0441 e. The molecule has 1 atom stereocenters. The van der Waals surface area contributed by atoms with Crippen LogP contribution in [0.25, 0.3) is 0 Å². The highest BCUT2D eigenvalue weighted by Gasteiger charge is 2.21. The molecule has 0 saturated heterocycles. The molecule has 17 heavy (non-hydrogen) atoms. The molecule has 2 heteroatoms. The van der Waals surface area contributed by atoms with Gasteiger partial charge in [0, 0.05) is 11.1 Å². The Morgan fingerprint density at radius 2 is 2.00 bits per heavy atom. The largest absolute Gasteiger partial charge is 0.327 e. The van der Waals surface area contributed by atoms with Gasteiger partial charge in [-0.1, -0.05) is 43.0 Å². The van der Waals surface area contributed by atoms with E-state index < -0.39 is 0 Å². The number of hydrogen-bond acceptors (Lipinski definition) is 1. The van der Waals surface area contributed by atoms with Crippen molar-refractivity contribution in [3.63, 3.8) is 0 Å². The summed E-state index contributed by atoms with van der Waals surface area (Å²) in [5, 5.41) is 0.872. The minimum absolute atomic E-state index is 0.274. The Labute approximate surface area is 109 Å². The van der Waals surface area contributed by atoms with Crippen LogP contribution in [0.2, 0.25) is 5.02 Å². The van der Waals surface area contributed by atoms with Gasteiger partial charge in [0.15, 0.2) is 0 Å². The summed E-state index contributed by atoms with van der Waals surface area (Å²) in [4.78, 5) is 0. The predicted octanol–water partition coefficient (Wildman–Crippen LogP) is 4.10. The molecule has 2 rings (SSSR count). The molecule has 0 amide bonds. The zero-order valence-electron chi connectivity index (χ0n) is 10.6. The first kappa shape index (κ1) is 12.9. The normalized spacial score (nSPS) is 19.2. The highest BCUT2D eigenvalue weighted by atomic mass is 35.5. The van der Waals surface area contributed by atoms with Crippen LogP contribution in [-0.4, -0.2) is 6.04 Å². The summed E-state index contributed by atoms with van der Waals surface area (Å²) in [5.74, 6) is 0.695. The van der Waals surface area contributed by atoms with Crippen LogP contribution in [0, 0.1) is 12.8 Å². The maximum atomic E-state index is 6.33. The fourth-order valence-corrected chi connectivity index (χ4v) is 3.11. The summed E-state index contributed by atoms with van der Waals surface area (Å²) < 4.78 is 0. The molecule has 0 aliphatic heterocycles. The number of nitrogens with two attached hydrogens (primary N) is 1. The molecule has 1 aromatic carbocycles. The van der Waals surface area contributed by atoms with Crippen LogP contribution in [0.1, 0.15) is 43.2 Å². The zero-order chi connectivity index (χ0) is 12.3. The molecule has 1 aliphatic carbocycles. The van der Waals surface area contributed by atoms with E-state index in [-0.39, 0.29) is 6.04 Å². The summed E-state index contributed by atoms with van der Waals surface area (Å²) >= 11 is 6.26. The van der Waals surface area contributed by atoms with E-state index in [1.807, 2.05) is 6.07 Å². The van der Waals surface area contributed by atoms with E-state index in [1.54, 1.807) is 0 Å². The predicted molar refractivity (Wildman–Crippen MR) is 74.4 cm³/mol. The first-order chi connectivity index (χ1) is 8.16. The fourth-order valence-electron chi connectivity index (χ4n) is 2.80. The first-order valence-corrected chi connectivity index (χ1v) is 7.05. The lowest BCUT2D eigenvalue weighted by molar-refractivity contribution is 0.303. The average molecular weight is 252 g/mol. The summed E-state index contributed by atoms with van der Waals surface area (Å²) in [5.41, 5.74) is 8.75.